The molecule has 2 aliphatic carbocycles. The van der Waals surface area contributed by atoms with Crippen LogP contribution in [0.3, 0.4) is 0 Å². The average Bonchev–Trinajstić information content (AvgIpc) is 2.30. The molecule has 0 aromatic heterocycles. The van der Waals surface area contributed by atoms with E-state index in [1.807, 2.05) is 0 Å². The minimum absolute atomic E-state index is 0.475. The third kappa shape index (κ3) is 2.81. The van der Waals surface area contributed by atoms with Gasteiger partial charge in [-0.15, -0.1) is 0 Å². The summed E-state index contributed by atoms with van der Waals surface area (Å²) in [4.78, 5) is 13.8. The molecule has 0 spiro atoms. The largest absolute Gasteiger partial charge is 0.300 e. The van der Waals surface area contributed by atoms with Gasteiger partial charge in [-0.05, 0) is 32.7 Å². The Balaban J connectivity index is 1.83. The van der Waals surface area contributed by atoms with Crippen LogP contribution >= 0.6 is 0 Å². The molecule has 0 N–H and O–H groups in total. The van der Waals surface area contributed by atoms with Gasteiger partial charge in [0, 0.05) is 24.9 Å². The number of rotatable bonds is 2. The summed E-state index contributed by atoms with van der Waals surface area (Å²) in [5, 5.41) is 0. The maximum atomic E-state index is 11.2. The molecule has 0 aliphatic heterocycles. The highest BCUT2D eigenvalue weighted by atomic mass is 16.1. The lowest BCUT2D eigenvalue weighted by molar-refractivity contribution is -0.121. The van der Waals surface area contributed by atoms with Crippen molar-refractivity contribution in [1.82, 2.24) is 4.90 Å². The summed E-state index contributed by atoms with van der Waals surface area (Å²) < 4.78 is 0. The van der Waals surface area contributed by atoms with Crippen LogP contribution in [0.5, 0.6) is 0 Å². The highest BCUT2D eigenvalue weighted by Crippen LogP contribution is 2.27. The topological polar surface area (TPSA) is 20.3 Å². The fourth-order valence-electron chi connectivity index (χ4n) is 3.12. The van der Waals surface area contributed by atoms with Gasteiger partial charge in [0.15, 0.2) is 0 Å². The van der Waals surface area contributed by atoms with Gasteiger partial charge in [0.05, 0.1) is 0 Å². The fraction of sp³-hybridized carbons (Fsp3) is 0.923. The van der Waals surface area contributed by atoms with Crippen molar-refractivity contribution in [3.63, 3.8) is 0 Å². The van der Waals surface area contributed by atoms with Crippen LogP contribution in [0.25, 0.3) is 0 Å². The lowest BCUT2D eigenvalue weighted by Crippen LogP contribution is -2.43. The van der Waals surface area contributed by atoms with Crippen molar-refractivity contribution in [2.24, 2.45) is 0 Å². The molecule has 0 atom stereocenters. The van der Waals surface area contributed by atoms with Crippen molar-refractivity contribution in [1.29, 1.82) is 0 Å². The van der Waals surface area contributed by atoms with Gasteiger partial charge in [-0.1, -0.05) is 19.3 Å². The molecule has 0 bridgehead atoms. The quantitative estimate of drug-likeness (QED) is 0.697. The molecule has 0 heterocycles. The van der Waals surface area contributed by atoms with E-state index in [0.29, 0.717) is 11.8 Å². The Kier molecular flexibility index (Phi) is 3.79. The Morgan fingerprint density at radius 3 is 2.07 bits per heavy atom. The van der Waals surface area contributed by atoms with E-state index in [-0.39, 0.29) is 0 Å². The van der Waals surface area contributed by atoms with E-state index in [4.69, 9.17) is 0 Å². The van der Waals surface area contributed by atoms with Crippen LogP contribution in [0.15, 0.2) is 0 Å². The third-order valence-electron chi connectivity index (χ3n) is 4.24. The van der Waals surface area contributed by atoms with Crippen LogP contribution in [0.2, 0.25) is 0 Å². The van der Waals surface area contributed by atoms with E-state index in [2.05, 4.69) is 11.9 Å². The normalized spacial score (nSPS) is 26.1. The molecule has 2 fully saturated rings. The highest BCUT2D eigenvalue weighted by Gasteiger charge is 2.27. The molecule has 2 nitrogen and oxygen atoms in total. The van der Waals surface area contributed by atoms with Gasteiger partial charge >= 0.3 is 0 Å². The fourth-order valence-corrected chi connectivity index (χ4v) is 3.12. The van der Waals surface area contributed by atoms with Crippen molar-refractivity contribution in [2.45, 2.75) is 69.9 Å². The predicted octanol–water partition coefficient (Wildman–Crippen LogP) is 2.76. The first-order chi connectivity index (χ1) is 7.27. The summed E-state index contributed by atoms with van der Waals surface area (Å²) in [5.74, 6) is 0.475. The second-order valence-electron chi connectivity index (χ2n) is 5.23. The molecular formula is C13H23NO. The lowest BCUT2D eigenvalue weighted by Gasteiger charge is -2.38. The predicted molar refractivity (Wildman–Crippen MR) is 61.9 cm³/mol. The molecular weight excluding hydrogens is 186 g/mol. The third-order valence-corrected chi connectivity index (χ3v) is 4.24. The lowest BCUT2D eigenvalue weighted by atomic mass is 9.89. The molecule has 2 saturated carbocycles. The van der Waals surface area contributed by atoms with Gasteiger partial charge in [-0.3, -0.25) is 4.79 Å². The Morgan fingerprint density at radius 1 is 0.933 bits per heavy atom. The van der Waals surface area contributed by atoms with Crippen LogP contribution in [-0.2, 0) is 4.79 Å². The minimum atomic E-state index is 0.475. The monoisotopic (exact) mass is 209 g/mol. The van der Waals surface area contributed by atoms with Crippen LogP contribution in [0.4, 0.5) is 0 Å². The number of nitrogens with zero attached hydrogens (tertiary/aromatic N) is 1. The van der Waals surface area contributed by atoms with E-state index in [9.17, 15) is 4.79 Å². The second kappa shape index (κ2) is 5.11. The summed E-state index contributed by atoms with van der Waals surface area (Å²) in [6.07, 6.45) is 10.8. The zero-order valence-electron chi connectivity index (χ0n) is 9.87. The van der Waals surface area contributed by atoms with Crippen LogP contribution in [0.1, 0.15) is 57.8 Å². The first-order valence-electron chi connectivity index (χ1n) is 6.51. The van der Waals surface area contributed by atoms with Gasteiger partial charge in [-0.2, -0.15) is 0 Å². The van der Waals surface area contributed by atoms with Gasteiger partial charge < -0.3 is 4.90 Å². The Morgan fingerprint density at radius 2 is 1.47 bits per heavy atom. The van der Waals surface area contributed by atoms with E-state index < -0.39 is 0 Å². The zero-order valence-corrected chi connectivity index (χ0v) is 9.87. The van der Waals surface area contributed by atoms with Gasteiger partial charge in [-0.25, -0.2) is 0 Å². The number of hydrogen-bond acceptors (Lipinski definition) is 2. The minimum Gasteiger partial charge on any atom is -0.300 e. The van der Waals surface area contributed by atoms with Crippen molar-refractivity contribution in [3.05, 3.63) is 0 Å². The number of carbonyl (C=O) groups excluding carboxylic acids is 1. The van der Waals surface area contributed by atoms with Crippen molar-refractivity contribution >= 4 is 5.78 Å². The maximum absolute atomic E-state index is 11.2. The zero-order chi connectivity index (χ0) is 10.7. The van der Waals surface area contributed by atoms with Crippen molar-refractivity contribution < 1.29 is 4.79 Å². The molecule has 0 aromatic rings. The standard InChI is InChI=1S/C13H23NO/c1-14(11-5-3-2-4-6-11)12-7-9-13(15)10-8-12/h11-12H,2-10H2,1H3. The number of carbonyl (C=O) groups is 1. The Labute approximate surface area is 93.0 Å². The highest BCUT2D eigenvalue weighted by molar-refractivity contribution is 5.79. The van der Waals surface area contributed by atoms with Crippen LogP contribution in [0, 0.1) is 0 Å². The molecule has 15 heavy (non-hydrogen) atoms. The van der Waals surface area contributed by atoms with Crippen LogP contribution < -0.4 is 0 Å². The second-order valence-corrected chi connectivity index (χ2v) is 5.23. The number of ketones is 1. The maximum Gasteiger partial charge on any atom is 0.133 e. The Hall–Kier alpha value is -0.370. The van der Waals surface area contributed by atoms with Crippen LogP contribution in [-0.4, -0.2) is 29.8 Å². The molecule has 86 valence electrons. The molecule has 2 aliphatic rings. The summed E-state index contributed by atoms with van der Waals surface area (Å²) >= 11 is 0. The smallest absolute Gasteiger partial charge is 0.133 e. The first-order valence-corrected chi connectivity index (χ1v) is 6.51. The molecule has 0 aromatic carbocycles. The first kappa shape index (κ1) is 11.1. The molecule has 0 saturated heterocycles. The average molecular weight is 209 g/mol. The van der Waals surface area contributed by atoms with E-state index in [0.717, 1.165) is 31.7 Å². The summed E-state index contributed by atoms with van der Waals surface area (Å²) in [7, 11) is 2.27. The summed E-state index contributed by atoms with van der Waals surface area (Å²) in [6, 6.07) is 1.49. The molecule has 0 radical (unpaired) electrons. The van der Waals surface area contributed by atoms with Gasteiger partial charge in [0.25, 0.3) is 0 Å². The van der Waals surface area contributed by atoms with E-state index in [1.165, 1.54) is 32.1 Å². The van der Waals surface area contributed by atoms with Crippen molar-refractivity contribution in [2.75, 3.05) is 7.05 Å². The van der Waals surface area contributed by atoms with Crippen molar-refractivity contribution in [3.8, 4) is 0 Å². The van der Waals surface area contributed by atoms with E-state index in [1.54, 1.807) is 0 Å². The number of hydrogen-bond donors (Lipinski definition) is 0. The van der Waals surface area contributed by atoms with E-state index >= 15 is 0 Å². The molecule has 2 heteroatoms. The SMILES string of the molecule is CN(C1CCCCC1)C1CCC(=O)CC1. The molecule has 0 unspecified atom stereocenters. The Bertz CT molecular complexity index is 211. The molecule has 2 rings (SSSR count). The van der Waals surface area contributed by atoms with Gasteiger partial charge in [0.1, 0.15) is 5.78 Å². The molecule has 0 amide bonds. The summed E-state index contributed by atoms with van der Waals surface area (Å²) in [5.41, 5.74) is 0. The summed E-state index contributed by atoms with van der Waals surface area (Å²) in [6.45, 7) is 0. The van der Waals surface area contributed by atoms with Gasteiger partial charge in [0.2, 0.25) is 0 Å². The number of Topliss-reactive ketones (excluding diaryl/α,β-unsaturated/α-hetero) is 1.